The summed E-state index contributed by atoms with van der Waals surface area (Å²) >= 11 is 0. The zero-order chi connectivity index (χ0) is 21.3. The molecule has 5 nitrogen and oxygen atoms in total. The number of likely N-dealkylation sites (tertiary alicyclic amines) is 2. The Morgan fingerprint density at radius 2 is 2.03 bits per heavy atom. The van der Waals surface area contributed by atoms with Crippen LogP contribution in [0.1, 0.15) is 61.1 Å². The molecule has 0 N–H and O–H groups in total. The second-order valence-electron chi connectivity index (χ2n) is 8.63. The minimum atomic E-state index is -0.310. The summed E-state index contributed by atoms with van der Waals surface area (Å²) in [6, 6.07) is 10.0. The minimum absolute atomic E-state index is 0.0146. The highest BCUT2D eigenvalue weighted by molar-refractivity contribution is 5.94. The summed E-state index contributed by atoms with van der Waals surface area (Å²) in [5.41, 5.74) is 1.85. The van der Waals surface area contributed by atoms with Gasteiger partial charge in [-0.15, -0.1) is 0 Å². The van der Waals surface area contributed by atoms with Gasteiger partial charge in [0.15, 0.2) is 0 Å². The number of halogens is 1. The normalized spacial score (nSPS) is 23.8. The smallest absolute Gasteiger partial charge is 0.254 e. The third kappa shape index (κ3) is 3.83. The molecule has 158 valence electrons. The molecule has 2 aliphatic heterocycles. The van der Waals surface area contributed by atoms with E-state index in [4.69, 9.17) is 0 Å². The number of aromatic nitrogens is 1. The maximum Gasteiger partial charge on any atom is 0.254 e. The van der Waals surface area contributed by atoms with Gasteiger partial charge in [-0.3, -0.25) is 14.6 Å². The van der Waals surface area contributed by atoms with Crippen molar-refractivity contribution in [3.8, 4) is 0 Å². The fourth-order valence-corrected chi connectivity index (χ4v) is 5.24. The van der Waals surface area contributed by atoms with Crippen molar-refractivity contribution in [3.63, 3.8) is 0 Å². The average Bonchev–Trinajstić information content (AvgIpc) is 2.72. The molecule has 6 heteroatoms. The molecule has 0 aliphatic carbocycles. The molecular formula is C24H28FN3O2. The Morgan fingerprint density at radius 3 is 2.80 bits per heavy atom. The fraction of sp³-hybridized carbons (Fsp3) is 0.458. The molecule has 2 aromatic rings. The lowest BCUT2D eigenvalue weighted by molar-refractivity contribution is -0.143. The lowest BCUT2D eigenvalue weighted by Gasteiger charge is -2.56. The number of rotatable bonds is 3. The van der Waals surface area contributed by atoms with Gasteiger partial charge in [-0.1, -0.05) is 12.1 Å². The summed E-state index contributed by atoms with van der Waals surface area (Å²) < 4.78 is 13.5. The predicted octanol–water partition coefficient (Wildman–Crippen LogP) is 3.82. The summed E-state index contributed by atoms with van der Waals surface area (Å²) in [6.07, 6.45) is 5.73. The second kappa shape index (κ2) is 8.17. The lowest BCUT2D eigenvalue weighted by Crippen LogP contribution is -2.67. The first kappa shape index (κ1) is 20.5. The van der Waals surface area contributed by atoms with Gasteiger partial charge in [-0.2, -0.15) is 0 Å². The van der Waals surface area contributed by atoms with Gasteiger partial charge in [0.05, 0.1) is 11.6 Å². The van der Waals surface area contributed by atoms with E-state index in [2.05, 4.69) is 11.9 Å². The number of pyridine rings is 1. The monoisotopic (exact) mass is 409 g/mol. The van der Waals surface area contributed by atoms with Gasteiger partial charge in [0.1, 0.15) is 5.82 Å². The Labute approximate surface area is 176 Å². The van der Waals surface area contributed by atoms with Crippen LogP contribution < -0.4 is 0 Å². The van der Waals surface area contributed by atoms with Crippen LogP contribution in [0.3, 0.4) is 0 Å². The van der Waals surface area contributed by atoms with E-state index < -0.39 is 0 Å². The Hall–Kier alpha value is -2.76. The highest BCUT2D eigenvalue weighted by Gasteiger charge is 2.49. The van der Waals surface area contributed by atoms with E-state index >= 15 is 0 Å². The molecule has 1 aromatic heterocycles. The van der Waals surface area contributed by atoms with Gasteiger partial charge < -0.3 is 9.80 Å². The molecule has 4 rings (SSSR count). The molecule has 3 heterocycles. The van der Waals surface area contributed by atoms with Crippen LogP contribution in [0.15, 0.2) is 42.6 Å². The number of piperidine rings is 2. The molecule has 0 radical (unpaired) electrons. The Balaban J connectivity index is 1.57. The van der Waals surface area contributed by atoms with Gasteiger partial charge in [0, 0.05) is 43.9 Å². The predicted molar refractivity (Wildman–Crippen MR) is 113 cm³/mol. The summed E-state index contributed by atoms with van der Waals surface area (Å²) in [4.78, 5) is 34.0. The third-order valence-corrected chi connectivity index (χ3v) is 6.63. The molecular weight excluding hydrogens is 381 g/mol. The van der Waals surface area contributed by atoms with Gasteiger partial charge in [-0.05, 0) is 62.4 Å². The van der Waals surface area contributed by atoms with E-state index in [1.807, 2.05) is 21.9 Å². The number of carbonyl (C=O) groups is 2. The molecule has 1 aromatic carbocycles. The van der Waals surface area contributed by atoms with E-state index in [0.717, 1.165) is 43.5 Å². The van der Waals surface area contributed by atoms with Crippen molar-refractivity contribution < 1.29 is 14.0 Å². The number of carbonyl (C=O) groups excluding carboxylic acids is 2. The molecule has 30 heavy (non-hydrogen) atoms. The van der Waals surface area contributed by atoms with Crippen LogP contribution in [0.25, 0.3) is 0 Å². The van der Waals surface area contributed by atoms with Crippen LogP contribution >= 0.6 is 0 Å². The number of hydrogen-bond donors (Lipinski definition) is 0. The van der Waals surface area contributed by atoms with E-state index in [9.17, 15) is 14.0 Å². The zero-order valence-corrected chi connectivity index (χ0v) is 17.6. The minimum Gasteiger partial charge on any atom is -0.335 e. The van der Waals surface area contributed by atoms with Crippen LogP contribution in [-0.4, -0.2) is 51.3 Å². The van der Waals surface area contributed by atoms with Gasteiger partial charge in [0.2, 0.25) is 5.91 Å². The summed E-state index contributed by atoms with van der Waals surface area (Å²) in [5, 5.41) is 0. The quantitative estimate of drug-likeness (QED) is 0.775. The summed E-state index contributed by atoms with van der Waals surface area (Å²) in [7, 11) is 0. The molecule has 2 aliphatic rings. The molecule has 0 spiro atoms. The molecule has 2 fully saturated rings. The average molecular weight is 410 g/mol. The highest BCUT2D eigenvalue weighted by atomic mass is 19.1. The molecule has 0 saturated carbocycles. The van der Waals surface area contributed by atoms with Gasteiger partial charge in [0.25, 0.3) is 5.91 Å². The number of fused-ring (bicyclic) bond motifs is 1. The first-order valence-electron chi connectivity index (χ1n) is 10.7. The van der Waals surface area contributed by atoms with Crippen molar-refractivity contribution in [1.82, 2.24) is 14.8 Å². The van der Waals surface area contributed by atoms with Crippen molar-refractivity contribution in [2.24, 2.45) is 0 Å². The number of nitrogens with zero attached hydrogens (tertiary/aromatic N) is 3. The zero-order valence-electron chi connectivity index (χ0n) is 17.6. The fourth-order valence-electron chi connectivity index (χ4n) is 5.24. The van der Waals surface area contributed by atoms with Crippen LogP contribution in [0, 0.1) is 5.82 Å². The first-order valence-corrected chi connectivity index (χ1v) is 10.7. The van der Waals surface area contributed by atoms with Gasteiger partial charge in [-0.25, -0.2) is 4.39 Å². The molecule has 0 unspecified atom stereocenters. The first-order chi connectivity index (χ1) is 14.4. The van der Waals surface area contributed by atoms with Gasteiger partial charge >= 0.3 is 0 Å². The van der Waals surface area contributed by atoms with Crippen molar-refractivity contribution in [3.05, 3.63) is 65.2 Å². The highest BCUT2D eigenvalue weighted by Crippen LogP contribution is 2.39. The summed E-state index contributed by atoms with van der Waals surface area (Å²) in [5.74, 6) is -0.211. The number of amides is 2. The van der Waals surface area contributed by atoms with E-state index in [1.54, 1.807) is 25.3 Å². The van der Waals surface area contributed by atoms with E-state index in [0.29, 0.717) is 18.5 Å². The Kier molecular flexibility index (Phi) is 5.58. The van der Waals surface area contributed by atoms with E-state index in [-0.39, 0.29) is 29.2 Å². The Bertz CT molecular complexity index is 963. The SMILES string of the molecule is CC(=O)N1CCC[C@@H]2N(C(=O)c3ccnc(Cc4cccc(F)c4)c3)CCC[C@@]21C. The van der Waals surface area contributed by atoms with Crippen molar-refractivity contribution in [1.29, 1.82) is 0 Å². The molecule has 2 saturated heterocycles. The largest absolute Gasteiger partial charge is 0.335 e. The molecule has 0 bridgehead atoms. The van der Waals surface area contributed by atoms with Crippen molar-refractivity contribution in [2.45, 2.75) is 57.5 Å². The maximum atomic E-state index is 13.5. The van der Waals surface area contributed by atoms with Crippen LogP contribution in [-0.2, 0) is 11.2 Å². The molecule has 2 atom stereocenters. The third-order valence-electron chi connectivity index (χ3n) is 6.63. The molecule has 2 amide bonds. The van der Waals surface area contributed by atoms with E-state index in [1.165, 1.54) is 12.1 Å². The summed E-state index contributed by atoms with van der Waals surface area (Å²) in [6.45, 7) is 5.21. The number of hydrogen-bond acceptors (Lipinski definition) is 3. The van der Waals surface area contributed by atoms with Crippen molar-refractivity contribution in [2.75, 3.05) is 13.1 Å². The maximum absolute atomic E-state index is 13.5. The standard InChI is InChI=1S/C24H28FN3O2/c1-17(29)28-13-4-8-22-24(28,2)10-5-12-27(22)23(30)19-9-11-26-21(16-19)15-18-6-3-7-20(25)14-18/h3,6-7,9,11,14,16,22H,4-5,8,10,12-13,15H2,1-2H3/t22-,24-/m0/s1. The van der Waals surface area contributed by atoms with Crippen LogP contribution in [0.4, 0.5) is 4.39 Å². The lowest BCUT2D eigenvalue weighted by atomic mass is 9.76. The van der Waals surface area contributed by atoms with Crippen LogP contribution in [0.2, 0.25) is 0 Å². The topological polar surface area (TPSA) is 53.5 Å². The van der Waals surface area contributed by atoms with Crippen molar-refractivity contribution >= 4 is 11.8 Å². The Morgan fingerprint density at radius 1 is 1.20 bits per heavy atom. The second-order valence-corrected chi connectivity index (χ2v) is 8.63. The number of benzene rings is 1. The van der Waals surface area contributed by atoms with Crippen LogP contribution in [0.5, 0.6) is 0 Å².